The number of methoxy groups -OCH3 is 1. The molecule has 0 N–H and O–H groups in total. The molecule has 0 aliphatic carbocycles. The first-order valence-electron chi connectivity index (χ1n) is 5.13. The normalized spacial score (nSPS) is 10.4. The zero-order valence-corrected chi connectivity index (χ0v) is 11.9. The summed E-state index contributed by atoms with van der Waals surface area (Å²) in [5.74, 6) is 1.63. The van der Waals surface area contributed by atoms with Crippen molar-refractivity contribution >= 4 is 35.0 Å². The maximum atomic E-state index is 5.97. The van der Waals surface area contributed by atoms with Crippen LogP contribution in [0.2, 0.25) is 10.4 Å². The summed E-state index contributed by atoms with van der Waals surface area (Å²) in [6.07, 6.45) is 1.63. The van der Waals surface area contributed by atoms with Gasteiger partial charge in [-0.2, -0.15) is 0 Å². The van der Waals surface area contributed by atoms with Gasteiger partial charge < -0.3 is 4.74 Å². The van der Waals surface area contributed by atoms with E-state index in [0.717, 1.165) is 16.4 Å². The predicted molar refractivity (Wildman–Crippen MR) is 74.6 cm³/mol. The van der Waals surface area contributed by atoms with Crippen LogP contribution in [0.3, 0.4) is 0 Å². The van der Waals surface area contributed by atoms with Crippen molar-refractivity contribution in [1.29, 1.82) is 0 Å². The van der Waals surface area contributed by atoms with Crippen molar-refractivity contribution in [2.45, 2.75) is 10.6 Å². The molecule has 0 atom stereocenters. The third-order valence-corrected chi connectivity index (χ3v) is 3.91. The minimum absolute atomic E-state index is 0.161. The zero-order valence-electron chi connectivity index (χ0n) is 9.56. The Morgan fingerprint density at radius 1 is 1.22 bits per heavy atom. The van der Waals surface area contributed by atoms with E-state index in [2.05, 4.69) is 9.97 Å². The van der Waals surface area contributed by atoms with Gasteiger partial charge in [-0.1, -0.05) is 23.7 Å². The lowest BCUT2D eigenvalue weighted by atomic mass is 10.2. The minimum atomic E-state index is 0.161. The van der Waals surface area contributed by atoms with Crippen molar-refractivity contribution in [2.75, 3.05) is 7.11 Å². The molecule has 94 valence electrons. The number of aromatic nitrogens is 2. The smallest absolute Gasteiger partial charge is 0.223 e. The van der Waals surface area contributed by atoms with E-state index in [1.165, 1.54) is 5.56 Å². The Morgan fingerprint density at radius 2 is 1.94 bits per heavy atom. The van der Waals surface area contributed by atoms with E-state index in [0.29, 0.717) is 5.15 Å². The molecular formula is C12H10Cl2N2OS. The fourth-order valence-electron chi connectivity index (χ4n) is 1.31. The van der Waals surface area contributed by atoms with E-state index in [1.807, 2.05) is 24.3 Å². The van der Waals surface area contributed by atoms with Crippen molar-refractivity contribution in [1.82, 2.24) is 9.97 Å². The molecule has 0 unspecified atom stereocenters. The van der Waals surface area contributed by atoms with Gasteiger partial charge in [-0.25, -0.2) is 9.97 Å². The van der Waals surface area contributed by atoms with Gasteiger partial charge in [0.05, 0.1) is 12.0 Å². The van der Waals surface area contributed by atoms with Crippen LogP contribution in [-0.4, -0.2) is 17.1 Å². The molecule has 0 aliphatic rings. The maximum Gasteiger partial charge on any atom is 0.223 e. The van der Waals surface area contributed by atoms with Crippen LogP contribution in [-0.2, 0) is 5.75 Å². The predicted octanol–water partition coefficient (Wildman–Crippen LogP) is 4.08. The lowest BCUT2D eigenvalue weighted by Gasteiger charge is -2.04. The van der Waals surface area contributed by atoms with E-state index < -0.39 is 0 Å². The van der Waals surface area contributed by atoms with Gasteiger partial charge in [-0.3, -0.25) is 0 Å². The van der Waals surface area contributed by atoms with Gasteiger partial charge in [-0.05, 0) is 29.3 Å². The van der Waals surface area contributed by atoms with E-state index in [9.17, 15) is 0 Å². The summed E-state index contributed by atoms with van der Waals surface area (Å²) in [6, 6.07) is 7.87. The Balaban J connectivity index is 2.02. The van der Waals surface area contributed by atoms with Crippen LogP contribution in [0, 0.1) is 0 Å². The standard InChI is InChI=1S/C12H10Cl2N2OS/c1-17-9-4-2-8(3-5-9)7-18-10-6-15-12(14)16-11(10)13/h2-6H,7H2,1H3. The number of hydrogen-bond donors (Lipinski definition) is 0. The number of benzene rings is 1. The molecule has 3 nitrogen and oxygen atoms in total. The van der Waals surface area contributed by atoms with E-state index >= 15 is 0 Å². The fourth-order valence-corrected chi connectivity index (χ4v) is 2.59. The number of rotatable bonds is 4. The number of halogens is 2. The maximum absolute atomic E-state index is 5.97. The van der Waals surface area contributed by atoms with Crippen LogP contribution < -0.4 is 4.74 Å². The van der Waals surface area contributed by atoms with Gasteiger partial charge >= 0.3 is 0 Å². The highest BCUT2D eigenvalue weighted by atomic mass is 35.5. The van der Waals surface area contributed by atoms with Gasteiger partial charge in [0.2, 0.25) is 5.28 Å². The Hall–Kier alpha value is -0.970. The zero-order chi connectivity index (χ0) is 13.0. The molecule has 0 aliphatic heterocycles. The van der Waals surface area contributed by atoms with Gasteiger partial charge in [0.1, 0.15) is 10.9 Å². The lowest BCUT2D eigenvalue weighted by Crippen LogP contribution is -1.87. The Kier molecular flexibility index (Phi) is 4.69. The number of ether oxygens (including phenoxy) is 1. The molecule has 2 aromatic rings. The molecular weight excluding hydrogens is 291 g/mol. The van der Waals surface area contributed by atoms with Crippen molar-refractivity contribution in [3.8, 4) is 5.75 Å². The van der Waals surface area contributed by atoms with Gasteiger partial charge in [0.25, 0.3) is 0 Å². The molecule has 0 saturated heterocycles. The van der Waals surface area contributed by atoms with Crippen LogP contribution in [0.15, 0.2) is 35.4 Å². The quantitative estimate of drug-likeness (QED) is 0.484. The first kappa shape index (κ1) is 13.5. The fraction of sp³-hybridized carbons (Fsp3) is 0.167. The van der Waals surface area contributed by atoms with Crippen molar-refractivity contribution in [3.63, 3.8) is 0 Å². The molecule has 6 heteroatoms. The molecule has 0 radical (unpaired) electrons. The summed E-state index contributed by atoms with van der Waals surface area (Å²) in [7, 11) is 1.65. The summed E-state index contributed by atoms with van der Waals surface area (Å²) in [4.78, 5) is 8.62. The lowest BCUT2D eigenvalue weighted by molar-refractivity contribution is 0.414. The van der Waals surface area contributed by atoms with E-state index in [1.54, 1.807) is 25.1 Å². The Morgan fingerprint density at radius 3 is 2.56 bits per heavy atom. The molecule has 0 amide bonds. The highest BCUT2D eigenvalue weighted by molar-refractivity contribution is 7.98. The summed E-state index contributed by atoms with van der Waals surface area (Å²) in [6.45, 7) is 0. The first-order chi connectivity index (χ1) is 8.69. The van der Waals surface area contributed by atoms with Crippen LogP contribution in [0.1, 0.15) is 5.56 Å². The molecule has 0 saturated carbocycles. The van der Waals surface area contributed by atoms with E-state index in [4.69, 9.17) is 27.9 Å². The third kappa shape index (κ3) is 3.51. The summed E-state index contributed by atoms with van der Waals surface area (Å²) in [5.41, 5.74) is 1.17. The molecule has 18 heavy (non-hydrogen) atoms. The van der Waals surface area contributed by atoms with Gasteiger partial charge in [0.15, 0.2) is 0 Å². The second kappa shape index (κ2) is 6.27. The number of thioether (sulfide) groups is 1. The molecule has 0 fully saturated rings. The van der Waals surface area contributed by atoms with Gasteiger partial charge in [0, 0.05) is 11.9 Å². The molecule has 2 rings (SSSR count). The highest BCUT2D eigenvalue weighted by Crippen LogP contribution is 2.28. The third-order valence-electron chi connectivity index (χ3n) is 2.24. The number of hydrogen-bond acceptors (Lipinski definition) is 4. The van der Waals surface area contributed by atoms with Crippen molar-refractivity contribution in [3.05, 3.63) is 46.5 Å². The average Bonchev–Trinajstić information content (AvgIpc) is 2.38. The second-order valence-electron chi connectivity index (χ2n) is 3.43. The molecule has 1 aromatic carbocycles. The van der Waals surface area contributed by atoms with Crippen LogP contribution in [0.5, 0.6) is 5.75 Å². The topological polar surface area (TPSA) is 35.0 Å². The highest BCUT2D eigenvalue weighted by Gasteiger charge is 2.05. The largest absolute Gasteiger partial charge is 0.497 e. The van der Waals surface area contributed by atoms with Crippen LogP contribution >= 0.6 is 35.0 Å². The molecule has 1 heterocycles. The first-order valence-corrected chi connectivity index (χ1v) is 6.87. The van der Waals surface area contributed by atoms with Gasteiger partial charge in [-0.15, -0.1) is 11.8 Å². The summed E-state index contributed by atoms with van der Waals surface area (Å²) < 4.78 is 5.10. The molecule has 1 aromatic heterocycles. The summed E-state index contributed by atoms with van der Waals surface area (Å²) >= 11 is 13.2. The second-order valence-corrected chi connectivity index (χ2v) is 5.14. The Bertz CT molecular complexity index is 534. The molecule has 0 bridgehead atoms. The van der Waals surface area contributed by atoms with Crippen molar-refractivity contribution < 1.29 is 4.74 Å². The average molecular weight is 301 g/mol. The monoisotopic (exact) mass is 300 g/mol. The van der Waals surface area contributed by atoms with E-state index in [-0.39, 0.29) is 5.28 Å². The molecule has 0 spiro atoms. The summed E-state index contributed by atoms with van der Waals surface area (Å²) in [5, 5.41) is 0.544. The Labute approximate surface area is 120 Å². The van der Waals surface area contributed by atoms with Crippen LogP contribution in [0.4, 0.5) is 0 Å². The van der Waals surface area contributed by atoms with Crippen LogP contribution in [0.25, 0.3) is 0 Å². The number of nitrogens with zero attached hydrogens (tertiary/aromatic N) is 2. The van der Waals surface area contributed by atoms with Crippen molar-refractivity contribution in [2.24, 2.45) is 0 Å². The minimum Gasteiger partial charge on any atom is -0.497 e. The SMILES string of the molecule is COc1ccc(CSc2cnc(Cl)nc2Cl)cc1.